The topological polar surface area (TPSA) is 125 Å². The molecule has 1 aromatic rings. The number of fused-ring (bicyclic) bond motifs is 7. The van der Waals surface area contributed by atoms with Gasteiger partial charge in [-0.25, -0.2) is 9.97 Å². The minimum absolute atomic E-state index is 0.0105. The molecule has 0 saturated heterocycles. The lowest BCUT2D eigenvalue weighted by Gasteiger charge is -2.72. The molecule has 5 aliphatic rings. The highest BCUT2D eigenvalue weighted by Gasteiger charge is 2.70. The van der Waals surface area contributed by atoms with E-state index < -0.39 is 16.4 Å². The molecule has 0 aliphatic heterocycles. The number of hydrogen-bond donors (Lipinski definition) is 1. The van der Waals surface area contributed by atoms with Crippen LogP contribution in [0.4, 0.5) is 0 Å². The Hall–Kier alpha value is -3.36. The van der Waals surface area contributed by atoms with Crippen molar-refractivity contribution in [2.45, 2.75) is 172 Å². The summed E-state index contributed by atoms with van der Waals surface area (Å²) in [5.41, 5.74) is 0.131. The number of amides is 1. The van der Waals surface area contributed by atoms with E-state index in [1.807, 2.05) is 27.7 Å². The fraction of sp³-hybridized carbons (Fsp3) is 0.750. The van der Waals surface area contributed by atoms with E-state index in [2.05, 4.69) is 69.8 Å². The van der Waals surface area contributed by atoms with Crippen molar-refractivity contribution in [2.75, 3.05) is 0 Å². The third-order valence-electron chi connectivity index (χ3n) is 16.1. The highest BCUT2D eigenvalue weighted by Crippen LogP contribution is 2.77. The number of Topliss-reactive ketones (excluding diaryl/α,β-unsaturated/α-hetero) is 1. The molecule has 4 saturated carbocycles. The number of ketones is 1. The molecular weight excluding hydrogens is 715 g/mol. The molecule has 1 heterocycles. The van der Waals surface area contributed by atoms with Gasteiger partial charge in [-0.05, 0) is 156 Å². The van der Waals surface area contributed by atoms with Crippen LogP contribution in [0.1, 0.15) is 166 Å². The van der Waals surface area contributed by atoms with Crippen LogP contribution in [0, 0.1) is 56.2 Å². The van der Waals surface area contributed by atoms with Gasteiger partial charge in [-0.1, -0.05) is 54.5 Å². The van der Waals surface area contributed by atoms with Gasteiger partial charge in [0, 0.05) is 29.6 Å². The average molecular weight is 786 g/mol. The maximum Gasteiger partial charge on any atom is 0.312 e. The second-order valence-electron chi connectivity index (χ2n) is 21.9. The first-order valence-electron chi connectivity index (χ1n) is 21.8. The predicted molar refractivity (Wildman–Crippen MR) is 221 cm³/mol. The number of hydrogen-bond acceptors (Lipinski definition) is 8. The number of nitrogens with zero attached hydrogens (tertiary/aromatic N) is 2. The second kappa shape index (κ2) is 14.7. The number of allylic oxidation sites excluding steroid dienone is 3. The van der Waals surface area contributed by atoms with Crippen molar-refractivity contribution in [1.82, 2.24) is 15.3 Å². The first-order valence-corrected chi connectivity index (χ1v) is 21.8. The number of rotatable bonds is 9. The van der Waals surface area contributed by atoms with E-state index in [9.17, 15) is 19.2 Å². The van der Waals surface area contributed by atoms with Crippen LogP contribution in [0.3, 0.4) is 0 Å². The molecule has 9 heteroatoms. The van der Waals surface area contributed by atoms with Crippen LogP contribution in [-0.2, 0) is 28.7 Å². The van der Waals surface area contributed by atoms with Crippen LogP contribution in [0.5, 0.6) is 0 Å². The standard InChI is InChI=1S/C48H71N3O6/c1-29(2)38-32(52)27-48(22-19-36(53)51-30(3)40-49-25-14-26-50-40)24-23-46(12)31(39(38)48)15-16-34-45(11)20-18-35(44(9,10)33(45)17-21-47(34,46)13)56-37(54)28-43(7,8)41(55)57-42(4,5)6/h14,19,22,25-26,29-31,33-35H,15-18,20-21,23-24,27-28H2,1-13H3,(H,51,53)/b22-19+/t30-,31+,33-,34+,35-,45-,46+,47+,48-/m0/s1. The molecule has 1 amide bonds. The van der Waals surface area contributed by atoms with Crippen molar-refractivity contribution in [2.24, 2.45) is 56.2 Å². The van der Waals surface area contributed by atoms with Gasteiger partial charge >= 0.3 is 11.9 Å². The molecule has 0 radical (unpaired) electrons. The molecular formula is C48H71N3O6. The molecule has 6 rings (SSSR count). The SMILES string of the molecule is CC(C)C1=C2[C@H]3CC[C@@H]4[C@@]5(C)CC[C@H](OC(=O)CC(C)(C)C(=O)OC(C)(C)C)C(C)(C)[C@@H]5CC[C@@]4(C)[C@]3(C)CC[C@@]2(/C=C/C(=O)N[C@@H](C)c2ncccn2)CC1=O. The fourth-order valence-corrected chi connectivity index (χ4v) is 13.2. The first-order chi connectivity index (χ1) is 26.3. The molecule has 1 aromatic heterocycles. The van der Waals surface area contributed by atoms with Crippen LogP contribution in [0.2, 0.25) is 0 Å². The molecule has 0 bridgehead atoms. The summed E-state index contributed by atoms with van der Waals surface area (Å²) in [5, 5.41) is 3.04. The normalized spacial score (nSPS) is 35.5. The van der Waals surface area contributed by atoms with Gasteiger partial charge in [-0.2, -0.15) is 0 Å². The summed E-state index contributed by atoms with van der Waals surface area (Å²) in [6.45, 7) is 27.5. The Labute approximate surface area is 342 Å². The lowest BCUT2D eigenvalue weighted by molar-refractivity contribution is -0.232. The maximum atomic E-state index is 14.1. The van der Waals surface area contributed by atoms with E-state index >= 15 is 0 Å². The smallest absolute Gasteiger partial charge is 0.312 e. The second-order valence-corrected chi connectivity index (χ2v) is 21.9. The van der Waals surface area contributed by atoms with Gasteiger partial charge in [0.05, 0.1) is 17.9 Å². The zero-order chi connectivity index (χ0) is 42.1. The molecule has 5 aliphatic carbocycles. The molecule has 9 atom stereocenters. The number of nitrogens with one attached hydrogen (secondary N) is 1. The molecule has 314 valence electrons. The van der Waals surface area contributed by atoms with Gasteiger partial charge < -0.3 is 14.8 Å². The predicted octanol–water partition coefficient (Wildman–Crippen LogP) is 9.86. The highest BCUT2D eigenvalue weighted by molar-refractivity contribution is 6.01. The number of carbonyl (C=O) groups is 4. The molecule has 1 N–H and O–H groups in total. The van der Waals surface area contributed by atoms with Gasteiger partial charge in [0.1, 0.15) is 17.5 Å². The van der Waals surface area contributed by atoms with Gasteiger partial charge in [-0.15, -0.1) is 0 Å². The number of carbonyl (C=O) groups excluding carboxylic acids is 4. The Bertz CT molecular complexity index is 1820. The Kier molecular flexibility index (Phi) is 11.2. The summed E-state index contributed by atoms with van der Waals surface area (Å²) in [6.07, 6.45) is 15.2. The largest absolute Gasteiger partial charge is 0.462 e. The summed E-state index contributed by atoms with van der Waals surface area (Å²) >= 11 is 0. The maximum absolute atomic E-state index is 14.1. The van der Waals surface area contributed by atoms with E-state index in [0.29, 0.717) is 24.1 Å². The van der Waals surface area contributed by atoms with E-state index in [-0.39, 0.29) is 75.7 Å². The monoisotopic (exact) mass is 786 g/mol. The lowest BCUT2D eigenvalue weighted by Crippen LogP contribution is -2.65. The van der Waals surface area contributed by atoms with Crippen molar-refractivity contribution in [3.05, 3.63) is 47.6 Å². The van der Waals surface area contributed by atoms with E-state index in [1.165, 1.54) is 5.57 Å². The summed E-state index contributed by atoms with van der Waals surface area (Å²) in [6, 6.07) is 1.42. The Morgan fingerprint density at radius 2 is 1.54 bits per heavy atom. The summed E-state index contributed by atoms with van der Waals surface area (Å²) in [7, 11) is 0. The number of ether oxygens (including phenoxy) is 2. The van der Waals surface area contributed by atoms with Gasteiger partial charge in [0.15, 0.2) is 5.78 Å². The van der Waals surface area contributed by atoms with Crippen molar-refractivity contribution in [1.29, 1.82) is 0 Å². The summed E-state index contributed by atoms with van der Waals surface area (Å²) in [5.74, 6) is 1.13. The summed E-state index contributed by atoms with van der Waals surface area (Å²) < 4.78 is 12.0. The number of aromatic nitrogens is 2. The first kappa shape index (κ1) is 43.2. The zero-order valence-electron chi connectivity index (χ0n) is 37.3. The Morgan fingerprint density at radius 3 is 2.18 bits per heavy atom. The number of esters is 2. The summed E-state index contributed by atoms with van der Waals surface area (Å²) in [4.78, 5) is 62.5. The van der Waals surface area contributed by atoms with Gasteiger partial charge in [0.25, 0.3) is 0 Å². The van der Waals surface area contributed by atoms with Gasteiger partial charge in [0.2, 0.25) is 5.91 Å². The quantitative estimate of drug-likeness (QED) is 0.194. The van der Waals surface area contributed by atoms with Crippen LogP contribution < -0.4 is 5.32 Å². The average Bonchev–Trinajstić information content (AvgIpc) is 3.40. The molecule has 4 fully saturated rings. The fourth-order valence-electron chi connectivity index (χ4n) is 13.2. The van der Waals surface area contributed by atoms with E-state index in [4.69, 9.17) is 9.47 Å². The van der Waals surface area contributed by atoms with Crippen LogP contribution in [0.25, 0.3) is 0 Å². The minimum Gasteiger partial charge on any atom is -0.462 e. The Balaban J connectivity index is 1.23. The Morgan fingerprint density at radius 1 is 0.877 bits per heavy atom. The lowest BCUT2D eigenvalue weighted by atomic mass is 9.33. The van der Waals surface area contributed by atoms with Crippen molar-refractivity contribution in [3.8, 4) is 0 Å². The van der Waals surface area contributed by atoms with E-state index in [0.717, 1.165) is 56.9 Å². The zero-order valence-corrected chi connectivity index (χ0v) is 37.3. The van der Waals surface area contributed by atoms with Crippen LogP contribution >= 0.6 is 0 Å². The third-order valence-corrected chi connectivity index (χ3v) is 16.1. The van der Waals surface area contributed by atoms with Crippen LogP contribution in [-0.4, -0.2) is 45.3 Å². The highest BCUT2D eigenvalue weighted by atomic mass is 16.6. The van der Waals surface area contributed by atoms with Crippen molar-refractivity contribution >= 4 is 23.6 Å². The molecule has 57 heavy (non-hydrogen) atoms. The van der Waals surface area contributed by atoms with Gasteiger partial charge in [-0.3, -0.25) is 19.2 Å². The van der Waals surface area contributed by atoms with Crippen LogP contribution in [0.15, 0.2) is 41.8 Å². The molecule has 0 spiro atoms. The minimum atomic E-state index is -0.983. The van der Waals surface area contributed by atoms with E-state index in [1.54, 1.807) is 38.4 Å². The molecule has 0 unspecified atom stereocenters. The van der Waals surface area contributed by atoms with Crippen molar-refractivity contribution in [3.63, 3.8) is 0 Å². The molecule has 9 nitrogen and oxygen atoms in total. The third kappa shape index (κ3) is 7.45. The van der Waals surface area contributed by atoms with Crippen molar-refractivity contribution < 1.29 is 28.7 Å². The molecule has 0 aromatic carbocycles.